The van der Waals surface area contributed by atoms with Crippen LogP contribution in [0, 0.1) is 17.8 Å². The maximum atomic E-state index is 12.8. The van der Waals surface area contributed by atoms with Gasteiger partial charge in [-0.1, -0.05) is 43.4 Å². The number of hydrogen-bond donors (Lipinski definition) is 2. The summed E-state index contributed by atoms with van der Waals surface area (Å²) in [5, 5.41) is 6.49. The van der Waals surface area contributed by atoms with E-state index in [0.717, 1.165) is 25.8 Å². The Bertz CT molecular complexity index is 593. The van der Waals surface area contributed by atoms with Gasteiger partial charge < -0.3 is 10.6 Å². The normalized spacial score (nSPS) is 28.6. The molecule has 25 heavy (non-hydrogen) atoms. The number of hydrogen-bond acceptors (Lipinski definition) is 2. The fourth-order valence-electron chi connectivity index (χ4n) is 3.74. The van der Waals surface area contributed by atoms with Crippen molar-refractivity contribution in [1.82, 2.24) is 10.6 Å². The van der Waals surface area contributed by atoms with Crippen LogP contribution in [0.2, 0.25) is 0 Å². The minimum absolute atomic E-state index is 0.133. The molecule has 2 aliphatic carbocycles. The van der Waals surface area contributed by atoms with E-state index in [4.69, 9.17) is 0 Å². The number of carbonyl (C=O) groups excluding carboxylic acids is 1. The average molecular weight is 343 g/mol. The van der Waals surface area contributed by atoms with Crippen LogP contribution in [0.25, 0.3) is 0 Å². The molecule has 0 heterocycles. The molecule has 0 aromatic heterocycles. The Kier molecular flexibility index (Phi) is 6.83. The van der Waals surface area contributed by atoms with Crippen LogP contribution in [-0.2, 0) is 4.79 Å². The highest BCUT2D eigenvalue weighted by atomic mass is 16.2. The van der Waals surface area contributed by atoms with E-state index in [1.807, 2.05) is 7.05 Å². The van der Waals surface area contributed by atoms with E-state index < -0.39 is 0 Å². The van der Waals surface area contributed by atoms with Crippen molar-refractivity contribution in [1.29, 1.82) is 0 Å². The van der Waals surface area contributed by atoms with Crippen LogP contribution in [0.3, 0.4) is 0 Å². The first-order chi connectivity index (χ1) is 11.8. The number of nitrogens with one attached hydrogen (secondary N) is 2. The summed E-state index contributed by atoms with van der Waals surface area (Å²) in [6.07, 6.45) is 16.2. The van der Waals surface area contributed by atoms with Crippen LogP contribution in [0.4, 0.5) is 0 Å². The third-order valence-corrected chi connectivity index (χ3v) is 5.69. The van der Waals surface area contributed by atoms with Gasteiger partial charge in [-0.25, -0.2) is 0 Å². The summed E-state index contributed by atoms with van der Waals surface area (Å²) in [4.78, 5) is 12.8. The van der Waals surface area contributed by atoms with E-state index >= 15 is 0 Å². The lowest BCUT2D eigenvalue weighted by molar-refractivity contribution is -0.135. The lowest BCUT2D eigenvalue weighted by atomic mass is 9.65. The zero-order chi connectivity index (χ0) is 18.4. The summed E-state index contributed by atoms with van der Waals surface area (Å²) >= 11 is 0. The fraction of sp³-hybridized carbons (Fsp3) is 0.591. The molecule has 3 heteroatoms. The van der Waals surface area contributed by atoms with E-state index in [2.05, 4.69) is 74.8 Å². The predicted octanol–water partition coefficient (Wildman–Crippen LogP) is 4.15. The Morgan fingerprint density at radius 2 is 2.12 bits per heavy atom. The van der Waals surface area contributed by atoms with Gasteiger partial charge in [-0.3, -0.25) is 4.79 Å². The van der Waals surface area contributed by atoms with Gasteiger partial charge in [0.15, 0.2) is 0 Å². The van der Waals surface area contributed by atoms with Crippen molar-refractivity contribution in [3.8, 4) is 0 Å². The number of allylic oxidation sites excluding steroid dienone is 7. The quantitative estimate of drug-likeness (QED) is 0.761. The molecule has 3 atom stereocenters. The molecule has 0 aliphatic heterocycles. The van der Waals surface area contributed by atoms with Gasteiger partial charge in [0.2, 0.25) is 5.91 Å². The lowest BCUT2D eigenvalue weighted by Crippen LogP contribution is -2.54. The second-order valence-corrected chi connectivity index (χ2v) is 8.09. The van der Waals surface area contributed by atoms with Gasteiger partial charge in [-0.05, 0) is 76.6 Å². The minimum Gasteiger partial charge on any atom is -0.347 e. The topological polar surface area (TPSA) is 41.1 Å². The molecule has 0 saturated heterocycles. The average Bonchev–Trinajstić information content (AvgIpc) is 2.80. The zero-order valence-electron chi connectivity index (χ0n) is 16.4. The summed E-state index contributed by atoms with van der Waals surface area (Å²) in [7, 11) is 1.96. The van der Waals surface area contributed by atoms with Crippen LogP contribution >= 0.6 is 0 Å². The highest BCUT2D eigenvalue weighted by Gasteiger charge is 2.43. The van der Waals surface area contributed by atoms with Gasteiger partial charge in [0.1, 0.15) is 0 Å². The summed E-state index contributed by atoms with van der Waals surface area (Å²) in [6.45, 7) is 9.39. The molecule has 1 fully saturated rings. The van der Waals surface area contributed by atoms with E-state index in [9.17, 15) is 4.79 Å². The zero-order valence-corrected chi connectivity index (χ0v) is 16.4. The standard InChI is InChI=1S/C22H34N2O/c1-16-14-19(15-23-5)20(16)21(25)24-22(3,4)17(2)12-13-18-10-8-6-7-9-11-18/h6-8,10,12-13,16,19-20,23H,9,11,14-15H2,1-5H3,(H,24,25)/b17-12+,18-13-/t16?,19?,20-/m0/s1. The van der Waals surface area contributed by atoms with Crippen molar-refractivity contribution >= 4 is 5.91 Å². The molecule has 0 radical (unpaired) electrons. The summed E-state index contributed by atoms with van der Waals surface area (Å²) in [5.41, 5.74) is 2.17. The third kappa shape index (κ3) is 5.18. The molecule has 1 saturated carbocycles. The van der Waals surface area contributed by atoms with Gasteiger partial charge in [0, 0.05) is 5.92 Å². The molecule has 2 N–H and O–H groups in total. The van der Waals surface area contributed by atoms with Crippen LogP contribution in [0.15, 0.2) is 47.6 Å². The first-order valence-electron chi connectivity index (χ1n) is 9.53. The monoisotopic (exact) mass is 342 g/mol. The second-order valence-electron chi connectivity index (χ2n) is 8.09. The van der Waals surface area contributed by atoms with Crippen molar-refractivity contribution < 1.29 is 4.79 Å². The van der Waals surface area contributed by atoms with Crippen molar-refractivity contribution in [2.24, 2.45) is 17.8 Å². The SMILES string of the molecule is CNCC1CC(C)[C@@H]1C(=O)NC(C)(C)/C(C)=C/C=C1/C=CC=CCC1. The molecule has 0 aromatic rings. The Balaban J connectivity index is 2.00. The van der Waals surface area contributed by atoms with E-state index in [-0.39, 0.29) is 17.4 Å². The van der Waals surface area contributed by atoms with Crippen molar-refractivity contribution in [3.63, 3.8) is 0 Å². The Labute approximate surface area is 153 Å². The van der Waals surface area contributed by atoms with Gasteiger partial charge in [-0.15, -0.1) is 0 Å². The summed E-state index contributed by atoms with van der Waals surface area (Å²) in [6, 6.07) is 0. The molecular formula is C22H34N2O. The number of rotatable bonds is 6. The molecule has 138 valence electrons. The Morgan fingerprint density at radius 1 is 1.36 bits per heavy atom. The largest absolute Gasteiger partial charge is 0.347 e. The molecular weight excluding hydrogens is 308 g/mol. The Hall–Kier alpha value is -1.61. The first-order valence-corrected chi connectivity index (χ1v) is 9.53. The van der Waals surface area contributed by atoms with E-state index in [0.29, 0.717) is 11.8 Å². The highest BCUT2D eigenvalue weighted by molar-refractivity contribution is 5.81. The van der Waals surface area contributed by atoms with E-state index in [1.54, 1.807) is 0 Å². The highest BCUT2D eigenvalue weighted by Crippen LogP contribution is 2.40. The fourth-order valence-corrected chi connectivity index (χ4v) is 3.74. The van der Waals surface area contributed by atoms with Crippen LogP contribution in [-0.4, -0.2) is 25.0 Å². The van der Waals surface area contributed by atoms with Crippen molar-refractivity contribution in [3.05, 3.63) is 47.6 Å². The first kappa shape index (κ1) is 19.7. The van der Waals surface area contributed by atoms with Crippen LogP contribution in [0.1, 0.15) is 47.0 Å². The van der Waals surface area contributed by atoms with Gasteiger partial charge in [0.05, 0.1) is 5.54 Å². The molecule has 0 aromatic carbocycles. The van der Waals surface area contributed by atoms with Gasteiger partial charge in [0.25, 0.3) is 0 Å². The lowest BCUT2D eigenvalue weighted by Gasteiger charge is -2.43. The van der Waals surface area contributed by atoms with Crippen molar-refractivity contribution in [2.45, 2.75) is 52.5 Å². The number of carbonyl (C=O) groups is 1. The van der Waals surface area contributed by atoms with Gasteiger partial charge in [-0.2, -0.15) is 0 Å². The number of amides is 1. The van der Waals surface area contributed by atoms with E-state index in [1.165, 1.54) is 11.1 Å². The second kappa shape index (κ2) is 8.66. The molecule has 0 bridgehead atoms. The molecule has 0 spiro atoms. The molecule has 2 aliphatic rings. The van der Waals surface area contributed by atoms with Crippen molar-refractivity contribution in [2.75, 3.05) is 13.6 Å². The Morgan fingerprint density at radius 3 is 2.80 bits per heavy atom. The molecule has 3 nitrogen and oxygen atoms in total. The summed E-state index contributed by atoms with van der Waals surface area (Å²) < 4.78 is 0. The third-order valence-electron chi connectivity index (χ3n) is 5.69. The maximum absolute atomic E-state index is 12.8. The molecule has 1 amide bonds. The maximum Gasteiger partial charge on any atom is 0.224 e. The smallest absolute Gasteiger partial charge is 0.224 e. The molecule has 2 rings (SSSR count). The van der Waals surface area contributed by atoms with Crippen LogP contribution < -0.4 is 10.6 Å². The predicted molar refractivity (Wildman–Crippen MR) is 106 cm³/mol. The summed E-state index contributed by atoms with van der Waals surface area (Å²) in [5.74, 6) is 1.27. The minimum atomic E-state index is -0.333. The van der Waals surface area contributed by atoms with Gasteiger partial charge >= 0.3 is 0 Å². The van der Waals surface area contributed by atoms with Crippen LogP contribution in [0.5, 0.6) is 0 Å². The molecule has 2 unspecified atom stereocenters.